The topological polar surface area (TPSA) is 38.1 Å². The predicted molar refractivity (Wildman–Crippen MR) is 91.8 cm³/mol. The molecular formula is C17H25N3OS. The van der Waals surface area contributed by atoms with Gasteiger partial charge in [-0.2, -0.15) is 16.4 Å². The van der Waals surface area contributed by atoms with Crippen LogP contribution in [0, 0.1) is 11.8 Å². The largest absolute Gasteiger partial charge is 0.341 e. The van der Waals surface area contributed by atoms with Crippen molar-refractivity contribution >= 4 is 17.2 Å². The summed E-state index contributed by atoms with van der Waals surface area (Å²) in [6.45, 7) is 10.5. The van der Waals surface area contributed by atoms with Crippen LogP contribution in [0.15, 0.2) is 29.1 Å². The Morgan fingerprint density at radius 1 is 1.23 bits per heavy atom. The third-order valence-electron chi connectivity index (χ3n) is 3.28. The molecule has 2 aromatic heterocycles. The van der Waals surface area contributed by atoms with Crippen LogP contribution in [0.4, 0.5) is 0 Å². The number of thiophene rings is 1. The number of rotatable bonds is 7. The number of aromatic nitrogens is 2. The van der Waals surface area contributed by atoms with E-state index in [0.29, 0.717) is 18.4 Å². The molecular weight excluding hydrogens is 294 g/mol. The number of hydrogen-bond acceptors (Lipinski definition) is 3. The van der Waals surface area contributed by atoms with Gasteiger partial charge in [0.1, 0.15) is 6.54 Å². The molecule has 0 aromatic carbocycles. The second-order valence-corrected chi connectivity index (χ2v) is 7.28. The van der Waals surface area contributed by atoms with Crippen LogP contribution >= 0.6 is 11.3 Å². The minimum atomic E-state index is 0.141. The molecule has 0 radical (unpaired) electrons. The van der Waals surface area contributed by atoms with Gasteiger partial charge in [-0.25, -0.2) is 0 Å². The van der Waals surface area contributed by atoms with Gasteiger partial charge >= 0.3 is 0 Å². The standard InChI is InChI=1S/C17H25N3OS/c1-13(2)9-19(10-14(3)4)17(21)11-20-7-5-16(18-20)15-6-8-22-12-15/h5-8,12-14H,9-11H2,1-4H3. The molecule has 4 nitrogen and oxygen atoms in total. The van der Waals surface area contributed by atoms with Gasteiger partial charge in [0.15, 0.2) is 0 Å². The normalized spacial score (nSPS) is 11.4. The highest BCUT2D eigenvalue weighted by molar-refractivity contribution is 7.08. The summed E-state index contributed by atoms with van der Waals surface area (Å²) in [5.41, 5.74) is 2.03. The lowest BCUT2D eigenvalue weighted by Gasteiger charge is -2.26. The minimum Gasteiger partial charge on any atom is -0.341 e. The highest BCUT2D eigenvalue weighted by atomic mass is 32.1. The molecule has 0 N–H and O–H groups in total. The number of carbonyl (C=O) groups is 1. The molecule has 0 atom stereocenters. The first kappa shape index (κ1) is 16.7. The van der Waals surface area contributed by atoms with E-state index in [4.69, 9.17) is 0 Å². The fraction of sp³-hybridized carbons (Fsp3) is 0.529. The fourth-order valence-electron chi connectivity index (χ4n) is 2.41. The molecule has 0 spiro atoms. The zero-order valence-corrected chi connectivity index (χ0v) is 14.6. The van der Waals surface area contributed by atoms with Crippen LogP contribution in [0.25, 0.3) is 11.3 Å². The Labute approximate surface area is 136 Å². The van der Waals surface area contributed by atoms with Gasteiger partial charge in [0.25, 0.3) is 0 Å². The van der Waals surface area contributed by atoms with E-state index < -0.39 is 0 Å². The van der Waals surface area contributed by atoms with Crippen molar-refractivity contribution in [2.45, 2.75) is 34.2 Å². The van der Waals surface area contributed by atoms with E-state index >= 15 is 0 Å². The van der Waals surface area contributed by atoms with Crippen molar-refractivity contribution in [3.8, 4) is 11.3 Å². The summed E-state index contributed by atoms with van der Waals surface area (Å²) in [5, 5.41) is 8.61. The summed E-state index contributed by atoms with van der Waals surface area (Å²) >= 11 is 1.65. The SMILES string of the molecule is CC(C)CN(CC(C)C)C(=O)Cn1ccc(-c2ccsc2)n1. The maximum Gasteiger partial charge on any atom is 0.244 e. The van der Waals surface area contributed by atoms with Gasteiger partial charge < -0.3 is 4.90 Å². The summed E-state index contributed by atoms with van der Waals surface area (Å²) in [4.78, 5) is 14.5. The van der Waals surface area contributed by atoms with Gasteiger partial charge in [-0.3, -0.25) is 9.48 Å². The van der Waals surface area contributed by atoms with Crippen LogP contribution < -0.4 is 0 Å². The molecule has 0 aliphatic carbocycles. The Hall–Kier alpha value is -1.62. The average molecular weight is 319 g/mol. The van der Waals surface area contributed by atoms with Crippen LogP contribution in [0.2, 0.25) is 0 Å². The van der Waals surface area contributed by atoms with Gasteiger partial charge in [0, 0.05) is 30.2 Å². The predicted octanol–water partition coefficient (Wildman–Crippen LogP) is 3.75. The molecule has 0 aliphatic rings. The summed E-state index contributed by atoms with van der Waals surface area (Å²) < 4.78 is 1.74. The smallest absolute Gasteiger partial charge is 0.244 e. The van der Waals surface area contributed by atoms with Crippen molar-refractivity contribution in [2.24, 2.45) is 11.8 Å². The lowest BCUT2D eigenvalue weighted by molar-refractivity contribution is -0.133. The first-order chi connectivity index (χ1) is 10.5. The minimum absolute atomic E-state index is 0.141. The molecule has 120 valence electrons. The number of carbonyl (C=O) groups excluding carboxylic acids is 1. The zero-order valence-electron chi connectivity index (χ0n) is 13.8. The molecule has 2 heterocycles. The van der Waals surface area contributed by atoms with E-state index in [0.717, 1.165) is 24.3 Å². The maximum absolute atomic E-state index is 12.5. The Morgan fingerprint density at radius 2 is 1.91 bits per heavy atom. The number of amides is 1. The van der Waals surface area contributed by atoms with Crippen molar-refractivity contribution in [3.63, 3.8) is 0 Å². The van der Waals surface area contributed by atoms with E-state index in [9.17, 15) is 4.79 Å². The Morgan fingerprint density at radius 3 is 2.45 bits per heavy atom. The Kier molecular flexibility index (Phi) is 5.77. The molecule has 1 amide bonds. The molecule has 0 unspecified atom stereocenters. The Balaban J connectivity index is 2.03. The van der Waals surface area contributed by atoms with Gasteiger partial charge in [-0.05, 0) is 29.3 Å². The summed E-state index contributed by atoms with van der Waals surface area (Å²) in [5.74, 6) is 1.09. The molecule has 0 bridgehead atoms. The fourth-order valence-corrected chi connectivity index (χ4v) is 3.06. The van der Waals surface area contributed by atoms with E-state index in [2.05, 4.69) is 38.2 Å². The van der Waals surface area contributed by atoms with Crippen LogP contribution in [0.1, 0.15) is 27.7 Å². The van der Waals surface area contributed by atoms with E-state index in [1.54, 1.807) is 16.0 Å². The van der Waals surface area contributed by atoms with Gasteiger partial charge in [0.2, 0.25) is 5.91 Å². The molecule has 5 heteroatoms. The third kappa shape index (κ3) is 4.70. The van der Waals surface area contributed by atoms with Gasteiger partial charge in [-0.1, -0.05) is 27.7 Å². The highest BCUT2D eigenvalue weighted by Crippen LogP contribution is 2.19. The average Bonchev–Trinajstić information content (AvgIpc) is 3.06. The second-order valence-electron chi connectivity index (χ2n) is 6.50. The quantitative estimate of drug-likeness (QED) is 0.779. The molecule has 2 rings (SSSR count). The first-order valence-electron chi connectivity index (χ1n) is 7.79. The molecule has 0 fully saturated rings. The van der Waals surface area contributed by atoms with E-state index in [1.807, 2.05) is 28.6 Å². The molecule has 0 saturated heterocycles. The maximum atomic E-state index is 12.5. The molecule has 2 aromatic rings. The summed E-state index contributed by atoms with van der Waals surface area (Å²) in [6.07, 6.45) is 1.88. The van der Waals surface area contributed by atoms with Crippen molar-refractivity contribution in [1.29, 1.82) is 0 Å². The van der Waals surface area contributed by atoms with E-state index in [-0.39, 0.29) is 5.91 Å². The lowest BCUT2D eigenvalue weighted by Crippen LogP contribution is -2.39. The van der Waals surface area contributed by atoms with Gasteiger partial charge in [0.05, 0.1) is 5.69 Å². The van der Waals surface area contributed by atoms with E-state index in [1.165, 1.54) is 0 Å². The van der Waals surface area contributed by atoms with Crippen molar-refractivity contribution < 1.29 is 4.79 Å². The van der Waals surface area contributed by atoms with Crippen molar-refractivity contribution in [3.05, 3.63) is 29.1 Å². The molecule has 0 aliphatic heterocycles. The molecule has 0 saturated carbocycles. The monoisotopic (exact) mass is 319 g/mol. The summed E-state index contributed by atoms with van der Waals surface area (Å²) in [6, 6.07) is 4.01. The van der Waals surface area contributed by atoms with Gasteiger partial charge in [-0.15, -0.1) is 0 Å². The summed E-state index contributed by atoms with van der Waals surface area (Å²) in [7, 11) is 0. The van der Waals surface area contributed by atoms with Crippen LogP contribution in [0.5, 0.6) is 0 Å². The third-order valence-corrected chi connectivity index (χ3v) is 3.96. The zero-order chi connectivity index (χ0) is 16.1. The van der Waals surface area contributed by atoms with Crippen LogP contribution in [0.3, 0.4) is 0 Å². The Bertz CT molecular complexity index is 577. The number of nitrogens with zero attached hydrogens (tertiary/aromatic N) is 3. The van der Waals surface area contributed by atoms with Crippen LogP contribution in [-0.4, -0.2) is 33.7 Å². The van der Waals surface area contributed by atoms with Crippen molar-refractivity contribution in [2.75, 3.05) is 13.1 Å². The molecule has 22 heavy (non-hydrogen) atoms. The number of hydrogen-bond donors (Lipinski definition) is 0. The second kappa shape index (κ2) is 7.58. The van der Waals surface area contributed by atoms with Crippen LogP contribution in [-0.2, 0) is 11.3 Å². The highest BCUT2D eigenvalue weighted by Gasteiger charge is 2.17. The first-order valence-corrected chi connectivity index (χ1v) is 8.73. The van der Waals surface area contributed by atoms with Crippen molar-refractivity contribution in [1.82, 2.24) is 14.7 Å². The lowest BCUT2D eigenvalue weighted by atomic mass is 10.1.